The quantitative estimate of drug-likeness (QED) is 0.0670. The molecule has 2 saturated carbocycles. The van der Waals surface area contributed by atoms with Crippen LogP contribution < -0.4 is 48.7 Å². The van der Waals surface area contributed by atoms with Gasteiger partial charge in [0.1, 0.15) is 66.1 Å². The second-order valence-corrected chi connectivity index (χ2v) is 28.7. The SMILES string of the molecule is CN1C(=O)[C@@H]2CCCN2C(=O)[C@H](Cc2ccc(O)cc2)NC(=O)[C@H](Cc2cnc[nH]2)NC(=O)[C@H](CC(=O)O)NC(=O)[C@H](CC2CCC3CCC(F)CC32)NC(=O)[C@H](Cc2c[nH]c3ccc(F)cc23)NC(=O)CNC(=O)[C@H](CCCCN)NC(=O)CCSCc2cccc(c2)CSC[C@H]1C(N)=O. The topological polar surface area (TPSA) is 415 Å². The molecular formula is C70H90F2N14O13S2. The molecule has 2 aliphatic carbocycles. The van der Waals surface area contributed by atoms with Gasteiger partial charge in [-0.05, 0) is 148 Å². The summed E-state index contributed by atoms with van der Waals surface area (Å²) in [4.78, 5) is 170. The minimum atomic E-state index is -1.97. The lowest BCUT2D eigenvalue weighted by Crippen LogP contribution is -2.61. The molecule has 1 saturated heterocycles. The molecule has 10 amide bonds. The van der Waals surface area contributed by atoms with E-state index in [1.54, 1.807) is 0 Å². The fourth-order valence-electron chi connectivity index (χ4n) is 14.0. The van der Waals surface area contributed by atoms with Gasteiger partial charge in [-0.3, -0.25) is 52.7 Å². The molecule has 15 N–H and O–H groups in total. The van der Waals surface area contributed by atoms with Gasteiger partial charge in [-0.2, -0.15) is 23.5 Å². The maximum atomic E-state index is 15.3. The number of hydrogen-bond acceptors (Lipinski definition) is 16. The number of carboxylic acids is 1. The van der Waals surface area contributed by atoms with Gasteiger partial charge in [0.05, 0.1) is 19.3 Å². The number of carbonyl (C=O) groups is 11. The molecule has 544 valence electrons. The number of rotatable bonds is 15. The Morgan fingerprint density at radius 3 is 2.12 bits per heavy atom. The Hall–Kier alpha value is -9.10. The van der Waals surface area contributed by atoms with Gasteiger partial charge >= 0.3 is 5.97 Å². The van der Waals surface area contributed by atoms with E-state index >= 15 is 23.6 Å². The molecule has 101 heavy (non-hydrogen) atoms. The van der Waals surface area contributed by atoms with Crippen molar-refractivity contribution in [3.05, 3.63) is 119 Å². The minimum Gasteiger partial charge on any atom is -0.508 e. The lowest BCUT2D eigenvalue weighted by Gasteiger charge is -2.34. The van der Waals surface area contributed by atoms with Crippen LogP contribution in [-0.4, -0.2) is 193 Å². The van der Waals surface area contributed by atoms with Crippen LogP contribution in [-0.2, 0) is 83.5 Å². The summed E-state index contributed by atoms with van der Waals surface area (Å²) >= 11 is 2.84. The van der Waals surface area contributed by atoms with Crippen molar-refractivity contribution in [2.75, 3.05) is 38.2 Å². The van der Waals surface area contributed by atoms with E-state index in [2.05, 4.69) is 52.2 Å². The number of aromatic nitrogens is 3. The molecule has 4 aliphatic rings. The first-order valence-corrected chi connectivity index (χ1v) is 36.6. The van der Waals surface area contributed by atoms with Gasteiger partial charge in [-0.15, -0.1) is 0 Å². The largest absolute Gasteiger partial charge is 0.508 e. The van der Waals surface area contributed by atoms with Gasteiger partial charge in [-0.1, -0.05) is 36.4 Å². The molecule has 0 radical (unpaired) electrons. The van der Waals surface area contributed by atoms with E-state index in [4.69, 9.17) is 11.5 Å². The summed E-state index contributed by atoms with van der Waals surface area (Å²) < 4.78 is 30.2. The zero-order valence-corrected chi connectivity index (χ0v) is 57.9. The molecule has 31 heteroatoms. The van der Waals surface area contributed by atoms with E-state index in [-0.39, 0.29) is 92.9 Å². The first-order valence-electron chi connectivity index (χ1n) is 34.2. The second-order valence-electron chi connectivity index (χ2n) is 26.5. The third-order valence-electron chi connectivity index (χ3n) is 19.4. The Kier molecular flexibility index (Phi) is 27.5. The summed E-state index contributed by atoms with van der Waals surface area (Å²) in [6, 6.07) is 5.84. The summed E-state index contributed by atoms with van der Waals surface area (Å²) in [5.74, 6) is -9.71. The van der Waals surface area contributed by atoms with Gasteiger partial charge < -0.3 is 78.7 Å². The lowest BCUT2D eigenvalue weighted by atomic mass is 9.75. The number of aromatic hydroxyl groups is 1. The van der Waals surface area contributed by atoms with Gasteiger partial charge in [-0.25, -0.2) is 13.8 Å². The zero-order chi connectivity index (χ0) is 72.3. The Balaban J connectivity index is 1.05. The van der Waals surface area contributed by atoms with Gasteiger partial charge in [0.15, 0.2) is 0 Å². The number of amides is 10. The average molecular weight is 1440 g/mol. The molecule has 9 rings (SSSR count). The van der Waals surface area contributed by atoms with Crippen LogP contribution in [0.4, 0.5) is 8.78 Å². The molecule has 12 atom stereocenters. The van der Waals surface area contributed by atoms with E-state index in [0.717, 1.165) is 11.1 Å². The van der Waals surface area contributed by atoms with E-state index in [1.807, 2.05) is 24.3 Å². The monoisotopic (exact) mass is 1440 g/mol. The minimum absolute atomic E-state index is 0.0261. The summed E-state index contributed by atoms with van der Waals surface area (Å²) in [5.41, 5.74) is 15.2. The number of nitrogens with zero attached hydrogens (tertiary/aromatic N) is 3. The summed E-state index contributed by atoms with van der Waals surface area (Å²) in [6.45, 7) is -0.338. The first-order chi connectivity index (χ1) is 48.5. The number of imidazole rings is 1. The number of fused-ring (bicyclic) bond motifs is 5. The maximum absolute atomic E-state index is 15.3. The number of primary amides is 1. The van der Waals surface area contributed by atoms with E-state index < -0.39 is 138 Å². The number of likely N-dealkylation sites (N-methyl/N-ethyl adjacent to an activating group) is 1. The fraction of sp³-hybridized carbons (Fsp3) is 0.514. The number of phenols is 1. The number of halogens is 2. The number of hydrogen-bond donors (Lipinski definition) is 13. The van der Waals surface area contributed by atoms with E-state index in [1.165, 1.54) is 102 Å². The summed E-state index contributed by atoms with van der Waals surface area (Å²) in [7, 11) is 1.43. The molecule has 2 aromatic heterocycles. The van der Waals surface area contributed by atoms with Crippen molar-refractivity contribution in [2.24, 2.45) is 29.2 Å². The Morgan fingerprint density at radius 2 is 1.40 bits per heavy atom. The van der Waals surface area contributed by atoms with Gasteiger partial charge in [0.25, 0.3) is 0 Å². The van der Waals surface area contributed by atoms with Crippen molar-refractivity contribution in [1.82, 2.24) is 62.0 Å². The zero-order valence-electron chi connectivity index (χ0n) is 56.2. The molecule has 2 bridgehead atoms. The van der Waals surface area contributed by atoms with Crippen molar-refractivity contribution in [2.45, 2.75) is 169 Å². The standard InChI is InChI=1S/C70H90F2N14O13S2/c1-85-59(63(74)92)37-101-36-41-7-4-6-40(24-41)35-100-23-20-60(88)79-52(8-2-3-21-73)64(93)77-34-61(89)80-53(27-44-32-76-51-19-16-46(72)29-50(44)51)65(94)81-54(26-43-13-12-42-14-15-45(71)28-49(42)43)66(95)83-56(31-62(90)91)68(97)82-55(30-47-33-75-38-78-47)67(96)84-57(25-39-10-17-48(87)18-11-39)69(98)86-22-5-9-58(86)70(85)99/h4,6-7,10-11,16-19,24,29,32-33,38,42-43,45,49,52-59,76,87H,2-3,5,8-9,12-15,20-23,25-28,30-31,34-37,73H2,1H3,(H2,74,92)(H,75,78)(H,77,93)(H,79,88)(H,80,89)(H,81,94)(H,82,97)(H,83,95)(H,84,96)(H,90,91)/t42?,43?,45?,49?,52-,53-,54-,55-,56-,57-,58-,59-/m0/s1. The number of thioether (sulfide) groups is 2. The van der Waals surface area contributed by atoms with Crippen molar-refractivity contribution in [3.63, 3.8) is 0 Å². The first kappa shape index (κ1) is 76.1. The van der Waals surface area contributed by atoms with Crippen molar-refractivity contribution < 1.29 is 71.7 Å². The third-order valence-corrected chi connectivity index (χ3v) is 21.5. The molecule has 4 heterocycles. The van der Waals surface area contributed by atoms with Gasteiger partial charge in [0, 0.05) is 91.3 Å². The number of alkyl halides is 1. The molecule has 0 spiro atoms. The Labute approximate surface area is 591 Å². The smallest absolute Gasteiger partial charge is 0.305 e. The number of unbranched alkanes of at least 4 members (excludes halogenated alkanes) is 1. The van der Waals surface area contributed by atoms with Crippen LogP contribution in [0.5, 0.6) is 5.75 Å². The number of phenolic OH excluding ortho intramolecular Hbond substituents is 1. The predicted octanol–water partition coefficient (Wildman–Crippen LogP) is 2.82. The number of carbonyl (C=O) groups excluding carboxylic acids is 10. The van der Waals surface area contributed by atoms with Crippen molar-refractivity contribution >= 4 is 99.5 Å². The van der Waals surface area contributed by atoms with Crippen LogP contribution in [0.25, 0.3) is 10.9 Å². The molecule has 3 aromatic carbocycles. The van der Waals surface area contributed by atoms with Crippen molar-refractivity contribution in [3.8, 4) is 5.75 Å². The summed E-state index contributed by atoms with van der Waals surface area (Å²) in [5, 5.41) is 39.6. The number of aliphatic carboxylic acids is 1. The van der Waals surface area contributed by atoms with Crippen LogP contribution in [0.2, 0.25) is 0 Å². The number of aromatic amines is 2. The number of benzene rings is 3. The van der Waals surface area contributed by atoms with Crippen LogP contribution >= 0.6 is 23.5 Å². The number of nitrogens with two attached hydrogens (primary N) is 2. The Bertz CT molecular complexity index is 3760. The maximum Gasteiger partial charge on any atom is 0.305 e. The normalized spacial score (nSPS) is 26.4. The third kappa shape index (κ3) is 21.5. The van der Waals surface area contributed by atoms with E-state index in [0.29, 0.717) is 90.8 Å². The molecule has 2 aliphatic heterocycles. The molecule has 3 fully saturated rings. The van der Waals surface area contributed by atoms with Crippen LogP contribution in [0.1, 0.15) is 111 Å². The highest BCUT2D eigenvalue weighted by Gasteiger charge is 2.45. The van der Waals surface area contributed by atoms with Crippen LogP contribution in [0, 0.1) is 23.6 Å². The highest BCUT2D eigenvalue weighted by atomic mass is 32.2. The molecule has 27 nitrogen and oxygen atoms in total. The number of carboxylic acid groups (broad SMARTS) is 1. The van der Waals surface area contributed by atoms with Crippen LogP contribution in [0.15, 0.2) is 85.5 Å². The highest BCUT2D eigenvalue weighted by molar-refractivity contribution is 7.98. The molecular weight excluding hydrogens is 1350 g/mol. The second kappa shape index (κ2) is 36.5. The molecule has 5 aromatic rings. The van der Waals surface area contributed by atoms with Crippen molar-refractivity contribution in [1.29, 1.82) is 0 Å². The van der Waals surface area contributed by atoms with E-state index in [9.17, 15) is 48.2 Å². The predicted molar refractivity (Wildman–Crippen MR) is 373 cm³/mol. The summed E-state index contributed by atoms with van der Waals surface area (Å²) in [6.07, 6.45) is 4.98. The Morgan fingerprint density at radius 1 is 0.713 bits per heavy atom. The highest BCUT2D eigenvalue weighted by Crippen LogP contribution is 2.48. The number of H-pyrrole nitrogens is 2. The lowest BCUT2D eigenvalue weighted by molar-refractivity contribution is -0.147. The molecule has 4 unspecified atom stereocenters. The van der Waals surface area contributed by atoms with Gasteiger partial charge in [0.2, 0.25) is 59.1 Å². The fourth-order valence-corrected chi connectivity index (χ4v) is 16.0. The number of nitrogens with one attached hydrogen (secondary N) is 9. The average Bonchev–Trinajstić information content (AvgIpc) is 1.73. The van der Waals surface area contributed by atoms with Crippen LogP contribution in [0.3, 0.4) is 0 Å².